The van der Waals surface area contributed by atoms with Crippen LogP contribution in [0.5, 0.6) is 0 Å². The predicted molar refractivity (Wildman–Crippen MR) is 90.8 cm³/mol. The van der Waals surface area contributed by atoms with Crippen molar-refractivity contribution in [3.05, 3.63) is 48.7 Å². The molecule has 1 saturated heterocycles. The zero-order chi connectivity index (χ0) is 15.9. The van der Waals surface area contributed by atoms with Crippen LogP contribution in [0.1, 0.15) is 12.8 Å². The molecule has 3 rings (SSSR count). The number of nitrogens with zero attached hydrogens (tertiary/aromatic N) is 1. The molecule has 1 atom stereocenters. The highest BCUT2D eigenvalue weighted by Crippen LogP contribution is 2.14. The lowest BCUT2D eigenvalue weighted by molar-refractivity contribution is 0.120. The van der Waals surface area contributed by atoms with E-state index in [0.29, 0.717) is 5.69 Å². The molecule has 2 aromatic rings. The van der Waals surface area contributed by atoms with E-state index in [1.54, 1.807) is 6.20 Å². The maximum atomic E-state index is 11.9. The van der Waals surface area contributed by atoms with Crippen LogP contribution >= 0.6 is 0 Å². The van der Waals surface area contributed by atoms with Crippen molar-refractivity contribution in [2.24, 2.45) is 0 Å². The zero-order valence-corrected chi connectivity index (χ0v) is 12.8. The van der Waals surface area contributed by atoms with Crippen LogP contribution in [0.25, 0.3) is 0 Å². The third kappa shape index (κ3) is 4.69. The Hall–Kier alpha value is -2.60. The first-order chi connectivity index (χ1) is 11.3. The number of amides is 2. The molecule has 1 aromatic carbocycles. The van der Waals surface area contributed by atoms with E-state index in [-0.39, 0.29) is 12.1 Å². The number of aromatic nitrogens is 1. The van der Waals surface area contributed by atoms with Crippen LogP contribution in [0.3, 0.4) is 0 Å². The number of hydrogen-bond acceptors (Lipinski definition) is 4. The highest BCUT2D eigenvalue weighted by molar-refractivity contribution is 5.99. The topological polar surface area (TPSA) is 75.3 Å². The highest BCUT2D eigenvalue weighted by atomic mass is 16.5. The highest BCUT2D eigenvalue weighted by Gasteiger charge is 2.14. The minimum absolute atomic E-state index is 0.270. The Morgan fingerprint density at radius 2 is 1.96 bits per heavy atom. The fraction of sp³-hybridized carbons (Fsp3) is 0.294. The van der Waals surface area contributed by atoms with Gasteiger partial charge in [-0.1, -0.05) is 18.2 Å². The van der Waals surface area contributed by atoms with Gasteiger partial charge in [-0.2, -0.15) is 0 Å². The van der Waals surface area contributed by atoms with Crippen LogP contribution in [-0.2, 0) is 4.74 Å². The van der Waals surface area contributed by atoms with Crippen LogP contribution in [0.4, 0.5) is 22.0 Å². The second-order valence-corrected chi connectivity index (χ2v) is 5.39. The van der Waals surface area contributed by atoms with Gasteiger partial charge in [-0.15, -0.1) is 0 Å². The van der Waals surface area contributed by atoms with Crippen molar-refractivity contribution in [1.29, 1.82) is 0 Å². The number of carbonyl (C=O) groups is 1. The Kier molecular flexibility index (Phi) is 5.06. The third-order valence-corrected chi connectivity index (χ3v) is 3.59. The zero-order valence-electron chi connectivity index (χ0n) is 12.8. The summed E-state index contributed by atoms with van der Waals surface area (Å²) in [5.41, 5.74) is 1.38. The molecule has 2 amide bonds. The average Bonchev–Trinajstić information content (AvgIpc) is 3.08. The van der Waals surface area contributed by atoms with Crippen molar-refractivity contribution in [3.8, 4) is 0 Å². The fourth-order valence-electron chi connectivity index (χ4n) is 2.41. The molecule has 0 saturated carbocycles. The molecular weight excluding hydrogens is 292 g/mol. The van der Waals surface area contributed by atoms with Crippen LogP contribution in [0.2, 0.25) is 0 Å². The summed E-state index contributed by atoms with van der Waals surface area (Å²) < 4.78 is 5.55. The number of hydrogen-bond donors (Lipinski definition) is 3. The molecule has 6 nitrogen and oxygen atoms in total. The number of rotatable bonds is 5. The predicted octanol–water partition coefficient (Wildman–Crippen LogP) is 3.32. The van der Waals surface area contributed by atoms with Gasteiger partial charge in [0.15, 0.2) is 0 Å². The first-order valence-electron chi connectivity index (χ1n) is 7.74. The monoisotopic (exact) mass is 312 g/mol. The minimum atomic E-state index is -0.293. The number of ether oxygens (including phenoxy) is 1. The van der Waals surface area contributed by atoms with E-state index in [1.807, 2.05) is 42.5 Å². The summed E-state index contributed by atoms with van der Waals surface area (Å²) in [6, 6.07) is 12.7. The number of carbonyl (C=O) groups excluding carboxylic acids is 1. The van der Waals surface area contributed by atoms with Crippen molar-refractivity contribution in [1.82, 2.24) is 4.98 Å². The second-order valence-electron chi connectivity index (χ2n) is 5.39. The molecule has 1 aliphatic heterocycles. The Morgan fingerprint density at radius 3 is 2.65 bits per heavy atom. The molecule has 0 spiro atoms. The molecule has 1 aliphatic rings. The molecule has 120 valence electrons. The van der Waals surface area contributed by atoms with Crippen molar-refractivity contribution in [2.45, 2.75) is 18.9 Å². The van der Waals surface area contributed by atoms with Crippen LogP contribution in [-0.4, -0.2) is 30.3 Å². The lowest BCUT2D eigenvalue weighted by atomic mass is 10.2. The molecule has 0 radical (unpaired) electrons. The molecule has 0 aliphatic carbocycles. The lowest BCUT2D eigenvalue weighted by Gasteiger charge is -2.12. The number of anilines is 3. The largest absolute Gasteiger partial charge is 0.376 e. The van der Waals surface area contributed by atoms with Gasteiger partial charge in [0.25, 0.3) is 0 Å². The van der Waals surface area contributed by atoms with E-state index in [9.17, 15) is 4.79 Å². The van der Waals surface area contributed by atoms with Gasteiger partial charge < -0.3 is 20.7 Å². The van der Waals surface area contributed by atoms with E-state index in [0.717, 1.165) is 37.5 Å². The number of para-hydroxylation sites is 1. The number of benzene rings is 1. The Labute approximate surface area is 135 Å². The van der Waals surface area contributed by atoms with Gasteiger partial charge in [0, 0.05) is 18.8 Å². The van der Waals surface area contributed by atoms with Gasteiger partial charge >= 0.3 is 6.03 Å². The molecule has 1 unspecified atom stereocenters. The summed E-state index contributed by atoms with van der Waals surface area (Å²) in [7, 11) is 0. The van der Waals surface area contributed by atoms with E-state index >= 15 is 0 Å². The Balaban J connectivity index is 1.47. The maximum absolute atomic E-state index is 11.9. The van der Waals surface area contributed by atoms with Gasteiger partial charge in [0.1, 0.15) is 5.82 Å². The van der Waals surface area contributed by atoms with Gasteiger partial charge in [0.05, 0.1) is 18.0 Å². The summed E-state index contributed by atoms with van der Waals surface area (Å²) >= 11 is 0. The van der Waals surface area contributed by atoms with Crippen molar-refractivity contribution in [2.75, 3.05) is 29.1 Å². The second kappa shape index (κ2) is 7.60. The molecule has 1 aromatic heterocycles. The number of nitrogens with one attached hydrogen (secondary N) is 3. The first kappa shape index (κ1) is 15.3. The van der Waals surface area contributed by atoms with Crippen LogP contribution in [0, 0.1) is 0 Å². The molecule has 6 heteroatoms. The summed E-state index contributed by atoms with van der Waals surface area (Å²) in [5, 5.41) is 8.75. The quantitative estimate of drug-likeness (QED) is 0.791. The SMILES string of the molecule is O=C(Nc1ccccc1)Nc1ccc(NCC2CCCO2)nc1. The van der Waals surface area contributed by atoms with Crippen molar-refractivity contribution in [3.63, 3.8) is 0 Å². The van der Waals surface area contributed by atoms with E-state index in [2.05, 4.69) is 20.9 Å². The standard InChI is InChI=1S/C17H20N4O2/c22-17(20-13-5-2-1-3-6-13)21-14-8-9-16(18-11-14)19-12-15-7-4-10-23-15/h1-3,5-6,8-9,11,15H,4,7,10,12H2,(H,18,19)(H2,20,21,22). The summed E-state index contributed by atoms with van der Waals surface area (Å²) in [6.45, 7) is 1.60. The van der Waals surface area contributed by atoms with Gasteiger partial charge in [-0.05, 0) is 37.1 Å². The van der Waals surface area contributed by atoms with Gasteiger partial charge in [-0.25, -0.2) is 9.78 Å². The number of urea groups is 1. The van der Waals surface area contributed by atoms with Crippen LogP contribution in [0.15, 0.2) is 48.7 Å². The van der Waals surface area contributed by atoms with Crippen LogP contribution < -0.4 is 16.0 Å². The molecule has 23 heavy (non-hydrogen) atoms. The molecule has 2 heterocycles. The normalized spacial score (nSPS) is 16.8. The molecule has 0 bridgehead atoms. The Bertz CT molecular complexity index is 625. The summed E-state index contributed by atoms with van der Waals surface area (Å²) in [4.78, 5) is 16.2. The van der Waals surface area contributed by atoms with Crippen molar-refractivity contribution >= 4 is 23.2 Å². The summed E-state index contributed by atoms with van der Waals surface area (Å²) in [6.07, 6.45) is 4.11. The Morgan fingerprint density at radius 1 is 1.13 bits per heavy atom. The lowest BCUT2D eigenvalue weighted by Crippen LogP contribution is -2.20. The fourth-order valence-corrected chi connectivity index (χ4v) is 2.41. The maximum Gasteiger partial charge on any atom is 0.323 e. The minimum Gasteiger partial charge on any atom is -0.376 e. The van der Waals surface area contributed by atoms with Gasteiger partial charge in [-0.3, -0.25) is 0 Å². The first-order valence-corrected chi connectivity index (χ1v) is 7.74. The van der Waals surface area contributed by atoms with E-state index in [4.69, 9.17) is 4.74 Å². The van der Waals surface area contributed by atoms with Crippen molar-refractivity contribution < 1.29 is 9.53 Å². The average molecular weight is 312 g/mol. The number of pyridine rings is 1. The summed E-state index contributed by atoms with van der Waals surface area (Å²) in [5.74, 6) is 0.773. The molecular formula is C17H20N4O2. The van der Waals surface area contributed by atoms with Gasteiger partial charge in [0.2, 0.25) is 0 Å². The third-order valence-electron chi connectivity index (χ3n) is 3.59. The molecule has 3 N–H and O–H groups in total. The van der Waals surface area contributed by atoms with E-state index in [1.165, 1.54) is 0 Å². The smallest absolute Gasteiger partial charge is 0.323 e. The van der Waals surface area contributed by atoms with E-state index < -0.39 is 0 Å². The molecule has 1 fully saturated rings.